The molecule has 2 N–H and O–H groups in total. The molecular weight excluding hydrogens is 612 g/mol. The Morgan fingerprint density at radius 3 is 2.48 bits per heavy atom. The molecule has 1 aliphatic carbocycles. The Labute approximate surface area is 276 Å². The topological polar surface area (TPSA) is 143 Å². The van der Waals surface area contributed by atoms with Crippen LogP contribution in [0.15, 0.2) is 29.4 Å². The summed E-state index contributed by atoms with van der Waals surface area (Å²) in [7, 11) is 1.11. The number of benzene rings is 1. The number of Topliss-reactive ketones (excluding diaryl/α,β-unsaturated/α-hetero) is 1. The molecule has 1 saturated carbocycles. The zero-order valence-corrected chi connectivity index (χ0v) is 28.3. The molecule has 0 unspecified atom stereocenters. The second-order valence-corrected chi connectivity index (χ2v) is 14.4. The Hall–Kier alpha value is -3.47. The fourth-order valence-corrected chi connectivity index (χ4v) is 6.90. The van der Waals surface area contributed by atoms with E-state index in [0.717, 1.165) is 38.4 Å². The Kier molecular flexibility index (Phi) is 11.5. The van der Waals surface area contributed by atoms with Crippen molar-refractivity contribution < 1.29 is 33.5 Å². The maximum absolute atomic E-state index is 14.5. The number of oxime groups is 1. The number of rotatable bonds is 11. The number of ketones is 1. The predicted molar refractivity (Wildman–Crippen MR) is 173 cm³/mol. The number of likely N-dealkylation sites (tertiary alicyclic amines) is 1. The van der Waals surface area contributed by atoms with E-state index >= 15 is 0 Å². The lowest BCUT2D eigenvalue weighted by atomic mass is 9.84. The van der Waals surface area contributed by atoms with Gasteiger partial charge in [0.2, 0.25) is 17.7 Å². The fraction of sp³-hybridized carbons (Fsp3) is 0.647. The van der Waals surface area contributed by atoms with Crippen LogP contribution in [-0.2, 0) is 33.5 Å². The van der Waals surface area contributed by atoms with Crippen molar-refractivity contribution in [3.05, 3.63) is 34.9 Å². The summed E-state index contributed by atoms with van der Waals surface area (Å²) >= 11 is 6.22. The zero-order valence-electron chi connectivity index (χ0n) is 27.5. The van der Waals surface area contributed by atoms with Gasteiger partial charge in [0.05, 0.1) is 25.4 Å². The van der Waals surface area contributed by atoms with Gasteiger partial charge in [-0.2, -0.15) is 0 Å². The molecule has 11 nitrogen and oxygen atoms in total. The van der Waals surface area contributed by atoms with Crippen LogP contribution < -0.4 is 10.6 Å². The van der Waals surface area contributed by atoms with Gasteiger partial charge < -0.3 is 25.1 Å². The number of nitrogens with zero attached hydrogens (tertiary/aromatic N) is 2. The number of ether oxygens (including phenoxy) is 1. The van der Waals surface area contributed by atoms with E-state index in [1.807, 2.05) is 39.8 Å². The van der Waals surface area contributed by atoms with Crippen LogP contribution in [0.1, 0.15) is 97.5 Å². The molecule has 2 aliphatic heterocycles. The number of carbonyl (C=O) groups is 5. The number of amides is 3. The Morgan fingerprint density at radius 2 is 1.85 bits per heavy atom. The number of methoxy groups -OCH3 is 1. The number of halogens is 1. The van der Waals surface area contributed by atoms with Crippen LogP contribution in [0.4, 0.5) is 0 Å². The van der Waals surface area contributed by atoms with Gasteiger partial charge in [0.15, 0.2) is 5.60 Å². The third-order valence-electron chi connectivity index (χ3n) is 9.20. The molecule has 2 heterocycles. The summed E-state index contributed by atoms with van der Waals surface area (Å²) in [5.41, 5.74) is -0.296. The van der Waals surface area contributed by atoms with Crippen LogP contribution in [0.2, 0.25) is 5.02 Å². The maximum atomic E-state index is 14.5. The van der Waals surface area contributed by atoms with Crippen molar-refractivity contribution in [2.75, 3.05) is 13.7 Å². The van der Waals surface area contributed by atoms with Crippen molar-refractivity contribution in [3.63, 3.8) is 0 Å². The van der Waals surface area contributed by atoms with Crippen LogP contribution in [0, 0.1) is 11.3 Å². The monoisotopic (exact) mass is 658 g/mol. The van der Waals surface area contributed by atoms with E-state index < -0.39 is 52.7 Å². The van der Waals surface area contributed by atoms with E-state index in [4.69, 9.17) is 16.4 Å². The van der Waals surface area contributed by atoms with Crippen molar-refractivity contribution in [2.45, 2.75) is 116 Å². The van der Waals surface area contributed by atoms with E-state index in [-0.39, 0.29) is 31.2 Å². The molecule has 4 atom stereocenters. The van der Waals surface area contributed by atoms with E-state index in [1.165, 1.54) is 11.3 Å². The van der Waals surface area contributed by atoms with Crippen molar-refractivity contribution in [1.82, 2.24) is 15.5 Å². The average Bonchev–Trinajstić information content (AvgIpc) is 3.62. The van der Waals surface area contributed by atoms with Gasteiger partial charge in [0.25, 0.3) is 5.78 Å². The van der Waals surface area contributed by atoms with Gasteiger partial charge in [-0.15, -0.1) is 0 Å². The molecule has 0 radical (unpaired) electrons. The molecule has 0 aromatic heterocycles. The van der Waals surface area contributed by atoms with E-state index in [0.29, 0.717) is 30.0 Å². The Balaban J connectivity index is 1.60. The summed E-state index contributed by atoms with van der Waals surface area (Å²) in [5, 5.41) is 10.6. The number of hydrogen-bond acceptors (Lipinski definition) is 8. The molecule has 4 rings (SSSR count). The quantitative estimate of drug-likeness (QED) is 0.266. The lowest BCUT2D eigenvalue weighted by Crippen LogP contribution is -2.59. The standard InChI is InChI=1S/C34H47ClN4O7/c1-6-11-24(28(41)32(44)45-5)36-30(42)26-19-34(18-25(38-46-34)22-14-10-15-23(35)17-22)20-39(26)31(43)29(33(2,3)4)37-27(40)16-21-12-8-7-9-13-21/h10,14-15,17,21,24,26,29H,6-9,11-13,16,18-20H2,1-5H3,(H,36,42)(H,37,40)/t24-,26-,29+,34+/m0/s1. The highest BCUT2D eigenvalue weighted by Gasteiger charge is 2.55. The smallest absolute Gasteiger partial charge is 0.376 e. The van der Waals surface area contributed by atoms with Gasteiger partial charge in [-0.3, -0.25) is 19.2 Å². The molecule has 2 fully saturated rings. The van der Waals surface area contributed by atoms with Gasteiger partial charge >= 0.3 is 5.97 Å². The second-order valence-electron chi connectivity index (χ2n) is 14.0. The molecule has 1 spiro atoms. The lowest BCUT2D eigenvalue weighted by molar-refractivity contribution is -0.153. The summed E-state index contributed by atoms with van der Waals surface area (Å²) in [6, 6.07) is 4.11. The minimum absolute atomic E-state index is 0.0337. The normalized spacial score (nSPS) is 22.9. The SMILES string of the molecule is CCC[C@H](NC(=O)[C@@H]1C[C@]2(CC(c3cccc(Cl)c3)=NO2)CN1C(=O)[C@@H](NC(=O)CC1CCCCC1)C(C)(C)C)C(=O)C(=O)OC. The molecule has 3 aliphatic rings. The first-order valence-corrected chi connectivity index (χ1v) is 16.7. The third kappa shape index (κ3) is 8.46. The summed E-state index contributed by atoms with van der Waals surface area (Å²) in [4.78, 5) is 74.0. The highest BCUT2D eigenvalue weighted by atomic mass is 35.5. The van der Waals surface area contributed by atoms with Gasteiger partial charge in [-0.25, -0.2) is 4.79 Å². The lowest BCUT2D eigenvalue weighted by Gasteiger charge is -2.36. The number of nitrogens with one attached hydrogen (secondary N) is 2. The summed E-state index contributed by atoms with van der Waals surface area (Å²) in [5.74, 6) is -2.84. The summed E-state index contributed by atoms with van der Waals surface area (Å²) in [6.07, 6.45) is 6.85. The fourth-order valence-electron chi connectivity index (χ4n) is 6.71. The molecule has 12 heteroatoms. The Bertz CT molecular complexity index is 1350. The van der Waals surface area contributed by atoms with Gasteiger partial charge in [0.1, 0.15) is 12.1 Å². The number of hydrogen-bond donors (Lipinski definition) is 2. The number of carbonyl (C=O) groups excluding carboxylic acids is 5. The highest BCUT2D eigenvalue weighted by Crippen LogP contribution is 2.40. The second kappa shape index (κ2) is 15.0. The first-order chi connectivity index (χ1) is 21.8. The molecule has 3 amide bonds. The van der Waals surface area contributed by atoms with Crippen molar-refractivity contribution in [3.8, 4) is 0 Å². The zero-order chi connectivity index (χ0) is 33.6. The first-order valence-electron chi connectivity index (χ1n) is 16.3. The predicted octanol–water partition coefficient (Wildman–Crippen LogP) is 4.33. The van der Waals surface area contributed by atoms with E-state index in [9.17, 15) is 24.0 Å². The molecule has 1 aromatic rings. The molecule has 46 heavy (non-hydrogen) atoms. The van der Waals surface area contributed by atoms with Gasteiger partial charge in [-0.05, 0) is 42.7 Å². The van der Waals surface area contributed by atoms with Crippen LogP contribution >= 0.6 is 11.6 Å². The molecule has 252 valence electrons. The summed E-state index contributed by atoms with van der Waals surface area (Å²) in [6.45, 7) is 7.48. The van der Waals surface area contributed by atoms with Crippen LogP contribution in [-0.4, -0.2) is 77.5 Å². The molecular formula is C34H47ClN4O7. The molecule has 1 aromatic carbocycles. The van der Waals surface area contributed by atoms with Crippen molar-refractivity contribution >= 4 is 46.8 Å². The minimum atomic E-state index is -1.12. The molecule has 1 saturated heterocycles. The molecule has 0 bridgehead atoms. The van der Waals surface area contributed by atoms with Crippen LogP contribution in [0.3, 0.4) is 0 Å². The van der Waals surface area contributed by atoms with E-state index in [2.05, 4.69) is 20.5 Å². The maximum Gasteiger partial charge on any atom is 0.376 e. The third-order valence-corrected chi connectivity index (χ3v) is 9.43. The van der Waals surface area contributed by atoms with Gasteiger partial charge in [0, 0.05) is 29.8 Å². The van der Waals surface area contributed by atoms with Gasteiger partial charge in [-0.1, -0.05) is 82.3 Å². The first kappa shape index (κ1) is 35.4. The largest absolute Gasteiger partial charge is 0.463 e. The average molecular weight is 659 g/mol. The van der Waals surface area contributed by atoms with E-state index in [1.54, 1.807) is 12.1 Å². The highest BCUT2D eigenvalue weighted by molar-refractivity contribution is 6.36. The number of esters is 1. The van der Waals surface area contributed by atoms with Crippen LogP contribution in [0.5, 0.6) is 0 Å². The van der Waals surface area contributed by atoms with Crippen molar-refractivity contribution in [1.29, 1.82) is 0 Å². The Morgan fingerprint density at radius 1 is 1.13 bits per heavy atom. The minimum Gasteiger partial charge on any atom is -0.463 e. The van der Waals surface area contributed by atoms with Crippen LogP contribution in [0.25, 0.3) is 0 Å². The van der Waals surface area contributed by atoms with Crippen molar-refractivity contribution in [2.24, 2.45) is 16.5 Å². The summed E-state index contributed by atoms with van der Waals surface area (Å²) < 4.78 is 4.62.